The molecule has 3 rings (SSSR count). The second kappa shape index (κ2) is 8.91. The fourth-order valence-electron chi connectivity index (χ4n) is 3.19. The maximum Gasteiger partial charge on any atom is 0.227 e. The first-order valence-corrected chi connectivity index (χ1v) is 9.50. The summed E-state index contributed by atoms with van der Waals surface area (Å²) < 4.78 is 5.42. The lowest BCUT2D eigenvalue weighted by Gasteiger charge is -2.17. The summed E-state index contributed by atoms with van der Waals surface area (Å²) in [7, 11) is 0. The highest BCUT2D eigenvalue weighted by Gasteiger charge is 2.34. The van der Waals surface area contributed by atoms with Gasteiger partial charge in [-0.2, -0.15) is 0 Å². The van der Waals surface area contributed by atoms with E-state index in [1.165, 1.54) is 0 Å². The molecule has 0 spiro atoms. The highest BCUT2D eigenvalue weighted by Crippen LogP contribution is 2.27. The van der Waals surface area contributed by atoms with Gasteiger partial charge in [0.2, 0.25) is 11.8 Å². The monoisotopic (exact) mass is 386 g/mol. The van der Waals surface area contributed by atoms with Crippen LogP contribution in [0.4, 0.5) is 5.69 Å². The van der Waals surface area contributed by atoms with Gasteiger partial charge >= 0.3 is 0 Å². The maximum absolute atomic E-state index is 12.4. The Kier molecular flexibility index (Phi) is 6.35. The molecule has 6 heteroatoms. The second-order valence-electron chi connectivity index (χ2n) is 6.50. The van der Waals surface area contributed by atoms with Crippen LogP contribution in [0.1, 0.15) is 18.9 Å². The van der Waals surface area contributed by atoms with Crippen molar-refractivity contribution in [2.45, 2.75) is 19.8 Å². The van der Waals surface area contributed by atoms with Gasteiger partial charge in [0.25, 0.3) is 0 Å². The molecule has 142 valence electrons. The third-order valence-electron chi connectivity index (χ3n) is 4.56. The SMILES string of the molecule is CCOc1ccc(N2C[C@@H](C(=O)NCCc3cccc(Cl)c3)CC2=O)cc1. The third-order valence-corrected chi connectivity index (χ3v) is 4.79. The van der Waals surface area contributed by atoms with Crippen LogP contribution in [0, 0.1) is 5.92 Å². The van der Waals surface area contributed by atoms with Crippen molar-refractivity contribution in [3.05, 3.63) is 59.1 Å². The number of nitrogens with zero attached hydrogens (tertiary/aromatic N) is 1. The summed E-state index contributed by atoms with van der Waals surface area (Å²) in [6.07, 6.45) is 0.936. The minimum atomic E-state index is -0.330. The summed E-state index contributed by atoms with van der Waals surface area (Å²) in [4.78, 5) is 26.4. The van der Waals surface area contributed by atoms with Crippen LogP contribution >= 0.6 is 11.6 Å². The van der Waals surface area contributed by atoms with Gasteiger partial charge in [0.05, 0.1) is 12.5 Å². The highest BCUT2D eigenvalue weighted by atomic mass is 35.5. The van der Waals surface area contributed by atoms with Gasteiger partial charge in [-0.15, -0.1) is 0 Å². The number of rotatable bonds is 7. The van der Waals surface area contributed by atoms with Crippen LogP contribution in [0.2, 0.25) is 5.02 Å². The van der Waals surface area contributed by atoms with Crippen LogP contribution in [0.15, 0.2) is 48.5 Å². The van der Waals surface area contributed by atoms with E-state index < -0.39 is 0 Å². The van der Waals surface area contributed by atoms with Gasteiger partial charge in [-0.25, -0.2) is 0 Å². The van der Waals surface area contributed by atoms with E-state index >= 15 is 0 Å². The molecule has 0 unspecified atom stereocenters. The van der Waals surface area contributed by atoms with Gasteiger partial charge < -0.3 is 15.0 Å². The number of carbonyl (C=O) groups is 2. The standard InChI is InChI=1S/C21H23ClN2O3/c1-2-27-19-8-6-18(7-9-19)24-14-16(13-20(24)25)21(26)23-11-10-15-4-3-5-17(22)12-15/h3-9,12,16H,2,10-11,13-14H2,1H3,(H,23,26)/t16-/m0/s1. The number of halogens is 1. The first-order valence-electron chi connectivity index (χ1n) is 9.12. The third kappa shape index (κ3) is 5.01. The zero-order valence-electron chi connectivity index (χ0n) is 15.3. The van der Waals surface area contributed by atoms with Gasteiger partial charge in [-0.1, -0.05) is 23.7 Å². The quantitative estimate of drug-likeness (QED) is 0.792. The Morgan fingerprint density at radius 3 is 2.74 bits per heavy atom. The smallest absolute Gasteiger partial charge is 0.227 e. The number of benzene rings is 2. The van der Waals surface area contributed by atoms with Crippen molar-refractivity contribution in [3.63, 3.8) is 0 Å². The summed E-state index contributed by atoms with van der Waals surface area (Å²) in [6.45, 7) is 3.44. The Labute approximate surface area is 164 Å². The molecule has 1 aliphatic heterocycles. The molecule has 1 aliphatic rings. The number of hydrogen-bond acceptors (Lipinski definition) is 3. The predicted octanol–water partition coefficient (Wildman–Crippen LogP) is 3.45. The Morgan fingerprint density at radius 1 is 1.26 bits per heavy atom. The number of hydrogen-bond donors (Lipinski definition) is 1. The number of carbonyl (C=O) groups excluding carboxylic acids is 2. The summed E-state index contributed by atoms with van der Waals surface area (Å²) in [5.74, 6) is 0.319. The van der Waals surface area contributed by atoms with E-state index in [0.717, 1.165) is 17.0 Å². The lowest BCUT2D eigenvalue weighted by atomic mass is 10.1. The summed E-state index contributed by atoms with van der Waals surface area (Å²) in [5, 5.41) is 3.62. The van der Waals surface area contributed by atoms with E-state index in [4.69, 9.17) is 16.3 Å². The molecule has 1 atom stereocenters. The average molecular weight is 387 g/mol. The molecule has 0 aromatic heterocycles. The summed E-state index contributed by atoms with van der Waals surface area (Å²) >= 11 is 5.97. The molecule has 0 saturated carbocycles. The Bertz CT molecular complexity index is 807. The molecule has 1 heterocycles. The molecule has 27 heavy (non-hydrogen) atoms. The number of nitrogens with one attached hydrogen (secondary N) is 1. The summed E-state index contributed by atoms with van der Waals surface area (Å²) in [5.41, 5.74) is 1.86. The van der Waals surface area contributed by atoms with E-state index in [9.17, 15) is 9.59 Å². The molecular weight excluding hydrogens is 364 g/mol. The van der Waals surface area contributed by atoms with Gasteiger partial charge in [0, 0.05) is 30.2 Å². The maximum atomic E-state index is 12.4. The van der Waals surface area contributed by atoms with Crippen LogP contribution in [0.3, 0.4) is 0 Å². The largest absolute Gasteiger partial charge is 0.494 e. The fraction of sp³-hybridized carbons (Fsp3) is 0.333. The molecule has 0 bridgehead atoms. The van der Waals surface area contributed by atoms with Crippen LogP contribution in [-0.4, -0.2) is 31.5 Å². The summed E-state index contributed by atoms with van der Waals surface area (Å²) in [6, 6.07) is 15.0. The molecule has 2 amide bonds. The number of ether oxygens (including phenoxy) is 1. The van der Waals surface area contributed by atoms with Crippen LogP contribution in [-0.2, 0) is 16.0 Å². The van der Waals surface area contributed by atoms with Crippen molar-refractivity contribution in [3.8, 4) is 5.75 Å². The lowest BCUT2D eigenvalue weighted by Crippen LogP contribution is -2.34. The molecule has 2 aromatic carbocycles. The Morgan fingerprint density at radius 2 is 2.04 bits per heavy atom. The van der Waals surface area contributed by atoms with Crippen LogP contribution in [0.25, 0.3) is 0 Å². The van der Waals surface area contributed by atoms with Crippen LogP contribution < -0.4 is 15.0 Å². The molecule has 0 radical (unpaired) electrons. The lowest BCUT2D eigenvalue weighted by molar-refractivity contribution is -0.126. The Hall–Kier alpha value is -2.53. The zero-order valence-corrected chi connectivity index (χ0v) is 16.0. The van der Waals surface area contributed by atoms with Gasteiger partial charge in [-0.3, -0.25) is 9.59 Å². The Balaban J connectivity index is 1.52. The minimum Gasteiger partial charge on any atom is -0.494 e. The van der Waals surface area contributed by atoms with E-state index in [1.807, 2.05) is 55.5 Å². The number of anilines is 1. The molecule has 2 aromatic rings. The van der Waals surface area contributed by atoms with Gasteiger partial charge in [0.1, 0.15) is 5.75 Å². The molecule has 5 nitrogen and oxygen atoms in total. The van der Waals surface area contributed by atoms with Crippen molar-refractivity contribution in [2.24, 2.45) is 5.92 Å². The fourth-order valence-corrected chi connectivity index (χ4v) is 3.40. The molecular formula is C21H23ClN2O3. The zero-order chi connectivity index (χ0) is 19.2. The highest BCUT2D eigenvalue weighted by molar-refractivity contribution is 6.30. The van der Waals surface area contributed by atoms with E-state index in [0.29, 0.717) is 31.1 Å². The molecule has 1 N–H and O–H groups in total. The van der Waals surface area contributed by atoms with Crippen molar-refractivity contribution in [1.29, 1.82) is 0 Å². The molecule has 1 saturated heterocycles. The second-order valence-corrected chi connectivity index (χ2v) is 6.94. The first kappa shape index (κ1) is 19.2. The normalized spacial score (nSPS) is 16.4. The van der Waals surface area contributed by atoms with Gasteiger partial charge in [0.15, 0.2) is 0 Å². The average Bonchev–Trinajstić information content (AvgIpc) is 3.04. The van der Waals surface area contributed by atoms with Crippen molar-refractivity contribution in [1.82, 2.24) is 5.32 Å². The van der Waals surface area contributed by atoms with Crippen molar-refractivity contribution in [2.75, 3.05) is 24.6 Å². The molecule has 0 aliphatic carbocycles. The molecule has 1 fully saturated rings. The van der Waals surface area contributed by atoms with E-state index in [1.54, 1.807) is 4.90 Å². The predicted molar refractivity (Wildman–Crippen MR) is 106 cm³/mol. The number of amides is 2. The van der Waals surface area contributed by atoms with Crippen molar-refractivity contribution < 1.29 is 14.3 Å². The first-order chi connectivity index (χ1) is 13.1. The minimum absolute atomic E-state index is 0.0332. The van der Waals surface area contributed by atoms with E-state index in [2.05, 4.69) is 5.32 Å². The van der Waals surface area contributed by atoms with Crippen LogP contribution in [0.5, 0.6) is 5.75 Å². The van der Waals surface area contributed by atoms with Crippen molar-refractivity contribution >= 4 is 29.1 Å². The van der Waals surface area contributed by atoms with E-state index in [-0.39, 0.29) is 24.2 Å². The van der Waals surface area contributed by atoms with Gasteiger partial charge in [-0.05, 0) is 55.3 Å². The topological polar surface area (TPSA) is 58.6 Å².